The molecule has 0 bridgehead atoms. The number of halogens is 3. The van der Waals surface area contributed by atoms with E-state index in [4.69, 9.17) is 21.1 Å². The molecule has 1 amide bonds. The SMILES string of the molecule is COC(=O)C1CC(Oc2ccccc2F)CN1C(=O)CNS(=O)(=O)c1ccc(F)c(Cl)c1. The lowest BCUT2D eigenvalue weighted by atomic mass is 10.2. The van der Waals surface area contributed by atoms with E-state index in [2.05, 4.69) is 4.72 Å². The lowest BCUT2D eigenvalue weighted by Crippen LogP contribution is -2.46. The molecule has 2 aromatic rings. The molecule has 1 fully saturated rings. The summed E-state index contributed by atoms with van der Waals surface area (Å²) in [5, 5.41) is -0.391. The van der Waals surface area contributed by atoms with Gasteiger partial charge in [-0.25, -0.2) is 26.7 Å². The summed E-state index contributed by atoms with van der Waals surface area (Å²) in [5.41, 5.74) is 0. The average molecular weight is 489 g/mol. The molecule has 0 radical (unpaired) electrons. The first-order valence-electron chi connectivity index (χ1n) is 9.35. The fourth-order valence-electron chi connectivity index (χ4n) is 3.22. The summed E-state index contributed by atoms with van der Waals surface area (Å²) in [7, 11) is -3.03. The highest BCUT2D eigenvalue weighted by Gasteiger charge is 2.41. The molecular formula is C20H19ClF2N2O6S. The molecular weight excluding hydrogens is 470 g/mol. The molecule has 1 aliphatic rings. The highest BCUT2D eigenvalue weighted by atomic mass is 35.5. The van der Waals surface area contributed by atoms with Crippen molar-refractivity contribution >= 4 is 33.5 Å². The smallest absolute Gasteiger partial charge is 0.328 e. The van der Waals surface area contributed by atoms with Crippen LogP contribution < -0.4 is 9.46 Å². The number of benzene rings is 2. The van der Waals surface area contributed by atoms with Gasteiger partial charge in [0.2, 0.25) is 15.9 Å². The zero-order valence-electron chi connectivity index (χ0n) is 16.8. The van der Waals surface area contributed by atoms with E-state index in [-0.39, 0.29) is 23.6 Å². The summed E-state index contributed by atoms with van der Waals surface area (Å²) >= 11 is 5.62. The standard InChI is InChI=1S/C20H19ClF2N2O6S/c1-30-20(27)17-8-12(31-18-5-3-2-4-16(18)23)11-25(17)19(26)10-24-32(28,29)13-6-7-15(22)14(21)9-13/h2-7,9,12,17,24H,8,10-11H2,1H3. The van der Waals surface area contributed by atoms with Gasteiger partial charge in [-0.05, 0) is 30.3 Å². The van der Waals surface area contributed by atoms with Crippen LogP contribution in [-0.4, -0.2) is 57.5 Å². The molecule has 3 rings (SSSR count). The van der Waals surface area contributed by atoms with E-state index in [1.54, 1.807) is 6.07 Å². The molecule has 1 N–H and O–H groups in total. The first-order valence-corrected chi connectivity index (χ1v) is 11.2. The summed E-state index contributed by atoms with van der Waals surface area (Å²) in [4.78, 5) is 25.6. The van der Waals surface area contributed by atoms with Crippen LogP contribution in [0.1, 0.15) is 6.42 Å². The van der Waals surface area contributed by atoms with Gasteiger partial charge in [0.25, 0.3) is 0 Å². The lowest BCUT2D eigenvalue weighted by molar-refractivity contribution is -0.150. The van der Waals surface area contributed by atoms with Crippen molar-refractivity contribution in [3.8, 4) is 5.75 Å². The van der Waals surface area contributed by atoms with Crippen molar-refractivity contribution < 1.29 is 36.3 Å². The zero-order valence-corrected chi connectivity index (χ0v) is 18.3. The number of hydrogen-bond donors (Lipinski definition) is 1. The molecule has 12 heteroatoms. The molecule has 2 atom stereocenters. The fraction of sp³-hybridized carbons (Fsp3) is 0.300. The molecule has 2 aromatic carbocycles. The Hall–Kier alpha value is -2.76. The van der Waals surface area contributed by atoms with Gasteiger partial charge in [0.05, 0.1) is 30.1 Å². The summed E-state index contributed by atoms with van der Waals surface area (Å²) < 4.78 is 64.4. The van der Waals surface area contributed by atoms with Crippen molar-refractivity contribution in [1.29, 1.82) is 0 Å². The van der Waals surface area contributed by atoms with E-state index < -0.39 is 57.2 Å². The molecule has 32 heavy (non-hydrogen) atoms. The topological polar surface area (TPSA) is 102 Å². The molecule has 1 aliphatic heterocycles. The minimum absolute atomic E-state index is 0.0348. The molecule has 0 saturated carbocycles. The van der Waals surface area contributed by atoms with E-state index in [9.17, 15) is 26.8 Å². The Labute approximate surface area is 188 Å². The second-order valence-electron chi connectivity index (χ2n) is 6.89. The Morgan fingerprint density at radius 2 is 1.91 bits per heavy atom. The highest BCUT2D eigenvalue weighted by Crippen LogP contribution is 2.26. The third-order valence-corrected chi connectivity index (χ3v) is 6.49. The Kier molecular flexibility index (Phi) is 7.32. The highest BCUT2D eigenvalue weighted by molar-refractivity contribution is 7.89. The molecule has 0 aromatic heterocycles. The Morgan fingerprint density at radius 3 is 2.56 bits per heavy atom. The molecule has 0 aliphatic carbocycles. The van der Waals surface area contributed by atoms with Crippen LogP contribution in [0.5, 0.6) is 5.75 Å². The number of nitrogens with zero attached hydrogens (tertiary/aromatic N) is 1. The molecule has 0 spiro atoms. The number of sulfonamides is 1. The van der Waals surface area contributed by atoms with Crippen molar-refractivity contribution in [2.75, 3.05) is 20.2 Å². The maximum absolute atomic E-state index is 13.9. The fourth-order valence-corrected chi connectivity index (χ4v) is 4.47. The van der Waals surface area contributed by atoms with Gasteiger partial charge in [0.1, 0.15) is 18.0 Å². The van der Waals surface area contributed by atoms with Crippen LogP contribution >= 0.6 is 11.6 Å². The van der Waals surface area contributed by atoms with Gasteiger partial charge in [-0.3, -0.25) is 4.79 Å². The quantitative estimate of drug-likeness (QED) is 0.599. The minimum Gasteiger partial charge on any atom is -0.485 e. The lowest BCUT2D eigenvalue weighted by Gasteiger charge is -2.22. The van der Waals surface area contributed by atoms with E-state index in [1.807, 2.05) is 0 Å². The Bertz CT molecular complexity index is 1130. The normalized spacial score (nSPS) is 18.4. The number of esters is 1. The number of carbonyl (C=O) groups excluding carboxylic acids is 2. The maximum atomic E-state index is 13.9. The van der Waals surface area contributed by atoms with E-state index >= 15 is 0 Å². The molecule has 1 saturated heterocycles. The van der Waals surface area contributed by atoms with Crippen molar-refractivity contribution in [2.45, 2.75) is 23.5 Å². The summed E-state index contributed by atoms with van der Waals surface area (Å²) in [6, 6.07) is 7.45. The number of likely N-dealkylation sites (tertiary alicyclic amines) is 1. The summed E-state index contributed by atoms with van der Waals surface area (Å²) in [6.07, 6.45) is -0.681. The van der Waals surface area contributed by atoms with Gasteiger partial charge < -0.3 is 14.4 Å². The first-order chi connectivity index (χ1) is 15.1. The van der Waals surface area contributed by atoms with Crippen molar-refractivity contribution in [3.05, 3.63) is 59.1 Å². The largest absolute Gasteiger partial charge is 0.485 e. The van der Waals surface area contributed by atoms with E-state index in [0.717, 1.165) is 30.2 Å². The van der Waals surface area contributed by atoms with Crippen molar-refractivity contribution in [3.63, 3.8) is 0 Å². The minimum atomic E-state index is -4.18. The number of carbonyl (C=O) groups is 2. The van der Waals surface area contributed by atoms with Crippen LogP contribution in [0.25, 0.3) is 0 Å². The Balaban J connectivity index is 1.70. The number of rotatable bonds is 7. The van der Waals surface area contributed by atoms with Crippen LogP contribution in [0.4, 0.5) is 8.78 Å². The number of nitrogens with one attached hydrogen (secondary N) is 1. The third kappa shape index (κ3) is 5.34. The van der Waals surface area contributed by atoms with Crippen molar-refractivity contribution in [1.82, 2.24) is 9.62 Å². The second kappa shape index (κ2) is 9.80. The van der Waals surface area contributed by atoms with Gasteiger partial charge in [-0.15, -0.1) is 0 Å². The van der Waals surface area contributed by atoms with Gasteiger partial charge in [-0.1, -0.05) is 23.7 Å². The third-order valence-electron chi connectivity index (χ3n) is 4.80. The van der Waals surface area contributed by atoms with Crippen LogP contribution in [-0.2, 0) is 24.3 Å². The number of methoxy groups -OCH3 is 1. The van der Waals surface area contributed by atoms with Crippen LogP contribution in [0.15, 0.2) is 47.4 Å². The van der Waals surface area contributed by atoms with Crippen molar-refractivity contribution in [2.24, 2.45) is 0 Å². The second-order valence-corrected chi connectivity index (χ2v) is 9.07. The number of hydrogen-bond acceptors (Lipinski definition) is 6. The summed E-state index contributed by atoms with van der Waals surface area (Å²) in [5.74, 6) is -2.87. The molecule has 2 unspecified atom stereocenters. The summed E-state index contributed by atoms with van der Waals surface area (Å²) in [6.45, 7) is -0.770. The molecule has 1 heterocycles. The monoisotopic (exact) mass is 488 g/mol. The number of para-hydroxylation sites is 1. The van der Waals surface area contributed by atoms with Crippen LogP contribution in [0.3, 0.4) is 0 Å². The predicted molar refractivity (Wildman–Crippen MR) is 110 cm³/mol. The van der Waals surface area contributed by atoms with E-state index in [1.165, 1.54) is 18.2 Å². The molecule has 172 valence electrons. The molecule has 8 nitrogen and oxygen atoms in total. The average Bonchev–Trinajstić information content (AvgIpc) is 3.19. The predicted octanol–water partition coefficient (Wildman–Crippen LogP) is 2.12. The number of ether oxygens (including phenoxy) is 2. The number of amides is 1. The zero-order chi connectivity index (χ0) is 23.5. The first kappa shape index (κ1) is 23.9. The maximum Gasteiger partial charge on any atom is 0.328 e. The van der Waals surface area contributed by atoms with Gasteiger partial charge in [0, 0.05) is 6.42 Å². The van der Waals surface area contributed by atoms with Gasteiger partial charge in [0.15, 0.2) is 11.6 Å². The van der Waals surface area contributed by atoms with Crippen LogP contribution in [0.2, 0.25) is 5.02 Å². The van der Waals surface area contributed by atoms with Gasteiger partial charge >= 0.3 is 5.97 Å². The Morgan fingerprint density at radius 1 is 1.19 bits per heavy atom. The van der Waals surface area contributed by atoms with Crippen LogP contribution in [0, 0.1) is 11.6 Å². The van der Waals surface area contributed by atoms with Gasteiger partial charge in [-0.2, -0.15) is 0 Å². The van der Waals surface area contributed by atoms with E-state index in [0.29, 0.717) is 0 Å².